The van der Waals surface area contributed by atoms with E-state index in [1.54, 1.807) is 0 Å². The molecular weight excluding hydrogens is 286 g/mol. The van der Waals surface area contributed by atoms with Crippen molar-refractivity contribution >= 4 is 21.4 Å². The normalized spacial score (nSPS) is 11.3. The van der Waals surface area contributed by atoms with E-state index in [-0.39, 0.29) is 11.4 Å². The molecule has 0 fully saturated rings. The largest absolute Gasteiger partial charge is 0.398 e. The molecule has 2 aromatic carbocycles. The molecule has 20 heavy (non-hydrogen) atoms. The molecule has 0 saturated heterocycles. The van der Waals surface area contributed by atoms with Crippen LogP contribution in [-0.2, 0) is 10.0 Å². The van der Waals surface area contributed by atoms with Crippen LogP contribution in [0.25, 0.3) is 0 Å². The number of nitrogens with two attached hydrogens (primary N) is 1. The fraction of sp³-hybridized carbons (Fsp3) is 0.0769. The topological polar surface area (TPSA) is 63.4 Å². The summed E-state index contributed by atoms with van der Waals surface area (Å²) in [5, 5.41) is 0. The van der Waals surface area contributed by atoms with Crippen LogP contribution in [0.3, 0.4) is 0 Å². The van der Waals surface area contributed by atoms with E-state index in [9.17, 15) is 17.2 Å². The molecule has 2 rings (SSSR count). The number of halogens is 2. The molecule has 0 aliphatic rings. The summed E-state index contributed by atoms with van der Waals surface area (Å²) in [6, 6.07) is 8.43. The lowest BCUT2D eigenvalue weighted by molar-refractivity contribution is 0.567. The third-order valence-electron chi connectivity index (χ3n) is 2.81. The molecule has 0 amide bonds. The van der Waals surface area contributed by atoms with Gasteiger partial charge in [0.05, 0.1) is 11.4 Å². The van der Waals surface area contributed by atoms with Gasteiger partial charge in [0.15, 0.2) is 0 Å². The fourth-order valence-corrected chi connectivity index (χ4v) is 3.08. The zero-order valence-corrected chi connectivity index (χ0v) is 11.4. The van der Waals surface area contributed by atoms with Crippen molar-refractivity contribution in [3.63, 3.8) is 0 Å². The number of nitrogen functional groups attached to an aromatic ring is 1. The van der Waals surface area contributed by atoms with Gasteiger partial charge in [0.25, 0.3) is 10.0 Å². The number of hydrogen-bond acceptors (Lipinski definition) is 3. The first-order valence-corrected chi connectivity index (χ1v) is 7.06. The predicted octanol–water partition coefficient (Wildman–Crippen LogP) is 2.37. The van der Waals surface area contributed by atoms with Crippen LogP contribution in [0.5, 0.6) is 0 Å². The minimum atomic E-state index is -4.16. The summed E-state index contributed by atoms with van der Waals surface area (Å²) in [6.45, 7) is 0. The van der Waals surface area contributed by atoms with Crippen molar-refractivity contribution in [3.05, 3.63) is 54.1 Å². The van der Waals surface area contributed by atoms with Crippen LogP contribution in [0, 0.1) is 11.6 Å². The molecule has 2 aromatic rings. The summed E-state index contributed by atoms with van der Waals surface area (Å²) in [5.74, 6) is -1.43. The quantitative estimate of drug-likeness (QED) is 0.885. The standard InChI is InChI=1S/C13H12F2N2O2S/c1-17(10-7-5-9(14)6-8-10)20(18,19)13-11(15)3-2-4-12(13)16/h2-8H,16H2,1H3. The van der Waals surface area contributed by atoms with Crippen LogP contribution in [0.1, 0.15) is 0 Å². The molecule has 0 aliphatic carbocycles. The molecule has 0 saturated carbocycles. The highest BCUT2D eigenvalue weighted by molar-refractivity contribution is 7.93. The van der Waals surface area contributed by atoms with Crippen molar-refractivity contribution in [3.8, 4) is 0 Å². The Hall–Kier alpha value is -2.15. The van der Waals surface area contributed by atoms with E-state index in [0.29, 0.717) is 0 Å². The third kappa shape index (κ3) is 2.44. The number of nitrogens with zero attached hydrogens (tertiary/aromatic N) is 1. The van der Waals surface area contributed by atoms with E-state index in [2.05, 4.69) is 0 Å². The zero-order valence-electron chi connectivity index (χ0n) is 10.5. The SMILES string of the molecule is CN(c1ccc(F)cc1)S(=O)(=O)c1c(N)cccc1F. The Balaban J connectivity index is 2.52. The fourth-order valence-electron chi connectivity index (χ4n) is 1.72. The van der Waals surface area contributed by atoms with Crippen molar-refractivity contribution in [2.75, 3.05) is 17.1 Å². The van der Waals surface area contributed by atoms with Crippen LogP contribution >= 0.6 is 0 Å². The molecule has 0 unspecified atom stereocenters. The van der Waals surface area contributed by atoms with Crippen molar-refractivity contribution in [2.45, 2.75) is 4.90 Å². The van der Waals surface area contributed by atoms with Gasteiger partial charge >= 0.3 is 0 Å². The van der Waals surface area contributed by atoms with Crippen molar-refractivity contribution < 1.29 is 17.2 Å². The van der Waals surface area contributed by atoms with Crippen LogP contribution in [-0.4, -0.2) is 15.5 Å². The molecule has 0 bridgehead atoms. The zero-order chi connectivity index (χ0) is 14.9. The smallest absolute Gasteiger partial charge is 0.269 e. The van der Waals surface area contributed by atoms with Gasteiger partial charge in [-0.1, -0.05) is 6.07 Å². The van der Waals surface area contributed by atoms with Gasteiger partial charge in [-0.2, -0.15) is 0 Å². The number of rotatable bonds is 3. The van der Waals surface area contributed by atoms with Crippen LogP contribution in [0.4, 0.5) is 20.2 Å². The van der Waals surface area contributed by atoms with E-state index < -0.39 is 26.6 Å². The molecule has 0 aliphatic heterocycles. The third-order valence-corrected chi connectivity index (χ3v) is 4.68. The molecule has 0 radical (unpaired) electrons. The van der Waals surface area contributed by atoms with E-state index in [0.717, 1.165) is 22.5 Å². The van der Waals surface area contributed by atoms with Crippen molar-refractivity contribution in [2.24, 2.45) is 0 Å². The van der Waals surface area contributed by atoms with E-state index in [4.69, 9.17) is 5.73 Å². The first-order valence-electron chi connectivity index (χ1n) is 5.62. The second kappa shape index (κ2) is 5.09. The first-order chi connectivity index (χ1) is 9.34. The molecule has 106 valence electrons. The van der Waals surface area contributed by atoms with Crippen molar-refractivity contribution in [1.82, 2.24) is 0 Å². The van der Waals surface area contributed by atoms with Gasteiger partial charge in [0.2, 0.25) is 0 Å². The number of benzene rings is 2. The van der Waals surface area contributed by atoms with Crippen LogP contribution < -0.4 is 10.0 Å². The highest BCUT2D eigenvalue weighted by Gasteiger charge is 2.27. The van der Waals surface area contributed by atoms with Gasteiger partial charge in [0, 0.05) is 7.05 Å². The average Bonchev–Trinajstić information content (AvgIpc) is 2.38. The summed E-state index contributed by atoms with van der Waals surface area (Å²) in [5.41, 5.74) is 5.56. The van der Waals surface area contributed by atoms with Gasteiger partial charge in [-0.25, -0.2) is 17.2 Å². The molecular formula is C13H12F2N2O2S. The van der Waals surface area contributed by atoms with Gasteiger partial charge in [0.1, 0.15) is 16.5 Å². The lowest BCUT2D eigenvalue weighted by Crippen LogP contribution is -2.28. The Labute approximate surface area is 115 Å². The van der Waals surface area contributed by atoms with Gasteiger partial charge in [-0.3, -0.25) is 4.31 Å². The number of hydrogen-bond donors (Lipinski definition) is 1. The maximum absolute atomic E-state index is 13.7. The molecule has 0 aromatic heterocycles. The molecule has 2 N–H and O–H groups in total. The van der Waals surface area contributed by atoms with Gasteiger partial charge in [-0.15, -0.1) is 0 Å². The first kappa shape index (κ1) is 14.3. The van der Waals surface area contributed by atoms with Crippen molar-refractivity contribution in [1.29, 1.82) is 0 Å². The molecule has 7 heteroatoms. The maximum Gasteiger partial charge on any atom is 0.269 e. The Kier molecular flexibility index (Phi) is 3.63. The van der Waals surface area contributed by atoms with Gasteiger partial charge < -0.3 is 5.73 Å². The maximum atomic E-state index is 13.7. The summed E-state index contributed by atoms with van der Waals surface area (Å²) < 4.78 is 52.2. The van der Waals surface area contributed by atoms with E-state index in [1.807, 2.05) is 0 Å². The summed E-state index contributed by atoms with van der Waals surface area (Å²) in [7, 11) is -2.91. The monoisotopic (exact) mass is 298 g/mol. The predicted molar refractivity (Wildman–Crippen MR) is 72.8 cm³/mol. The highest BCUT2D eigenvalue weighted by atomic mass is 32.2. The Morgan fingerprint density at radius 3 is 2.20 bits per heavy atom. The lowest BCUT2D eigenvalue weighted by Gasteiger charge is -2.20. The summed E-state index contributed by atoms with van der Waals surface area (Å²) in [4.78, 5) is -0.591. The van der Waals surface area contributed by atoms with E-state index in [1.165, 1.54) is 31.3 Å². The summed E-state index contributed by atoms with van der Waals surface area (Å²) >= 11 is 0. The second-order valence-corrected chi connectivity index (χ2v) is 6.01. The Bertz CT molecular complexity index is 710. The molecule has 0 heterocycles. The number of sulfonamides is 1. The minimum absolute atomic E-state index is 0.182. The number of anilines is 2. The van der Waals surface area contributed by atoms with E-state index >= 15 is 0 Å². The van der Waals surface area contributed by atoms with Crippen LogP contribution in [0.15, 0.2) is 47.4 Å². The lowest BCUT2D eigenvalue weighted by atomic mass is 10.3. The highest BCUT2D eigenvalue weighted by Crippen LogP contribution is 2.28. The Morgan fingerprint density at radius 2 is 1.65 bits per heavy atom. The summed E-state index contributed by atoms with van der Waals surface area (Å²) in [6.07, 6.45) is 0. The molecule has 0 atom stereocenters. The molecule has 0 spiro atoms. The minimum Gasteiger partial charge on any atom is -0.398 e. The Morgan fingerprint density at radius 1 is 1.05 bits per heavy atom. The van der Waals surface area contributed by atoms with Gasteiger partial charge in [-0.05, 0) is 36.4 Å². The second-order valence-electron chi connectivity index (χ2n) is 4.11. The molecule has 4 nitrogen and oxygen atoms in total. The van der Waals surface area contributed by atoms with Crippen LogP contribution in [0.2, 0.25) is 0 Å². The average molecular weight is 298 g/mol.